The maximum absolute atomic E-state index is 13.9. The van der Waals surface area contributed by atoms with E-state index in [4.69, 9.17) is 0 Å². The summed E-state index contributed by atoms with van der Waals surface area (Å²) in [4.78, 5) is 0. The van der Waals surface area contributed by atoms with Crippen LogP contribution < -0.4 is 5.32 Å². The van der Waals surface area contributed by atoms with Gasteiger partial charge in [0.15, 0.2) is 0 Å². The molecule has 2 aromatic carbocycles. The first-order chi connectivity index (χ1) is 10.1. The minimum absolute atomic E-state index is 0.124. The highest BCUT2D eigenvalue weighted by Crippen LogP contribution is 2.22. The van der Waals surface area contributed by atoms with Crippen molar-refractivity contribution in [1.82, 2.24) is 5.32 Å². The molecule has 0 aliphatic rings. The molecule has 0 heterocycles. The Labute approximate surface area is 127 Å². The van der Waals surface area contributed by atoms with Crippen molar-refractivity contribution in [3.63, 3.8) is 0 Å². The average molecular weight is 285 g/mol. The van der Waals surface area contributed by atoms with Crippen LogP contribution in [0.1, 0.15) is 41.6 Å². The van der Waals surface area contributed by atoms with Crippen LogP contribution in [-0.2, 0) is 6.42 Å². The third-order valence-corrected chi connectivity index (χ3v) is 3.92. The van der Waals surface area contributed by atoms with Crippen LogP contribution in [0.15, 0.2) is 42.5 Å². The van der Waals surface area contributed by atoms with E-state index in [1.165, 1.54) is 11.1 Å². The second kappa shape index (κ2) is 7.37. The first kappa shape index (κ1) is 15.7. The second-order valence-corrected chi connectivity index (χ2v) is 5.65. The summed E-state index contributed by atoms with van der Waals surface area (Å²) in [6.07, 6.45) is 1.95. The predicted molar refractivity (Wildman–Crippen MR) is 87.1 cm³/mol. The third-order valence-electron chi connectivity index (χ3n) is 3.92. The van der Waals surface area contributed by atoms with Crippen LogP contribution in [0.25, 0.3) is 0 Å². The van der Waals surface area contributed by atoms with Crippen molar-refractivity contribution in [2.45, 2.75) is 39.7 Å². The van der Waals surface area contributed by atoms with Gasteiger partial charge in [0.2, 0.25) is 0 Å². The number of benzene rings is 2. The van der Waals surface area contributed by atoms with Gasteiger partial charge in [-0.1, -0.05) is 43.3 Å². The van der Waals surface area contributed by atoms with Gasteiger partial charge < -0.3 is 5.32 Å². The van der Waals surface area contributed by atoms with E-state index in [1.807, 2.05) is 12.1 Å². The molecule has 2 rings (SSSR count). The van der Waals surface area contributed by atoms with Gasteiger partial charge in [0, 0.05) is 6.04 Å². The van der Waals surface area contributed by atoms with Crippen molar-refractivity contribution >= 4 is 0 Å². The van der Waals surface area contributed by atoms with Gasteiger partial charge in [-0.25, -0.2) is 4.39 Å². The molecule has 1 atom stereocenters. The van der Waals surface area contributed by atoms with Crippen LogP contribution >= 0.6 is 0 Å². The lowest BCUT2D eigenvalue weighted by Crippen LogP contribution is -2.24. The first-order valence-corrected chi connectivity index (χ1v) is 7.65. The molecule has 1 unspecified atom stereocenters. The molecule has 0 aliphatic carbocycles. The average Bonchev–Trinajstić information content (AvgIpc) is 2.48. The molecule has 0 bridgehead atoms. The molecular weight excluding hydrogens is 261 g/mol. The van der Waals surface area contributed by atoms with Gasteiger partial charge in [-0.05, 0) is 61.6 Å². The van der Waals surface area contributed by atoms with Crippen LogP contribution in [0.3, 0.4) is 0 Å². The molecule has 0 aliphatic heterocycles. The molecule has 0 aromatic heterocycles. The normalized spacial score (nSPS) is 12.4. The zero-order chi connectivity index (χ0) is 15.2. The number of rotatable bonds is 6. The Bertz CT molecular complexity index is 592. The van der Waals surface area contributed by atoms with E-state index in [0.29, 0.717) is 5.56 Å². The summed E-state index contributed by atoms with van der Waals surface area (Å²) in [5.41, 5.74) is 4.32. The molecule has 112 valence electrons. The Morgan fingerprint density at radius 1 is 1.05 bits per heavy atom. The Morgan fingerprint density at radius 2 is 1.81 bits per heavy atom. The van der Waals surface area contributed by atoms with Crippen LogP contribution in [0, 0.1) is 19.7 Å². The topological polar surface area (TPSA) is 12.0 Å². The van der Waals surface area contributed by atoms with Crippen LogP contribution in [0.4, 0.5) is 4.39 Å². The van der Waals surface area contributed by atoms with Crippen molar-refractivity contribution in [2.24, 2.45) is 0 Å². The Hall–Kier alpha value is -1.67. The van der Waals surface area contributed by atoms with Crippen LogP contribution in [0.5, 0.6) is 0 Å². The smallest absolute Gasteiger partial charge is 0.126 e. The lowest BCUT2D eigenvalue weighted by atomic mass is 9.95. The fraction of sp³-hybridized carbons (Fsp3) is 0.368. The Kier molecular flexibility index (Phi) is 5.51. The van der Waals surface area contributed by atoms with E-state index >= 15 is 0 Å². The van der Waals surface area contributed by atoms with Gasteiger partial charge >= 0.3 is 0 Å². The van der Waals surface area contributed by atoms with Crippen molar-refractivity contribution in [3.8, 4) is 0 Å². The number of hydrogen-bond acceptors (Lipinski definition) is 1. The molecular formula is C19H24FN. The first-order valence-electron chi connectivity index (χ1n) is 7.65. The molecule has 1 N–H and O–H groups in total. The summed E-state index contributed by atoms with van der Waals surface area (Å²) in [6, 6.07) is 14.1. The molecule has 2 aromatic rings. The lowest BCUT2D eigenvalue weighted by Gasteiger charge is -2.20. The van der Waals surface area contributed by atoms with Crippen molar-refractivity contribution < 1.29 is 4.39 Å². The minimum Gasteiger partial charge on any atom is -0.310 e. The summed E-state index contributed by atoms with van der Waals surface area (Å²) in [7, 11) is 0. The van der Waals surface area contributed by atoms with E-state index in [2.05, 4.69) is 43.4 Å². The molecule has 0 amide bonds. The van der Waals surface area contributed by atoms with Gasteiger partial charge in [0.1, 0.15) is 5.82 Å². The zero-order valence-corrected chi connectivity index (χ0v) is 13.1. The van der Waals surface area contributed by atoms with Gasteiger partial charge in [0.25, 0.3) is 0 Å². The summed E-state index contributed by atoms with van der Waals surface area (Å²) in [5, 5.41) is 3.54. The van der Waals surface area contributed by atoms with Crippen molar-refractivity contribution in [2.75, 3.05) is 6.54 Å². The molecule has 21 heavy (non-hydrogen) atoms. The third kappa shape index (κ3) is 4.15. The SMILES string of the molecule is CCCNC(Cc1ccccc1C)c1ccc(C)c(F)c1. The minimum atomic E-state index is -0.124. The van der Waals surface area contributed by atoms with Gasteiger partial charge in [-0.3, -0.25) is 0 Å². The zero-order valence-electron chi connectivity index (χ0n) is 13.1. The highest BCUT2D eigenvalue weighted by atomic mass is 19.1. The fourth-order valence-corrected chi connectivity index (χ4v) is 2.51. The number of hydrogen-bond donors (Lipinski definition) is 1. The summed E-state index contributed by atoms with van der Waals surface area (Å²) < 4.78 is 13.9. The molecule has 1 nitrogen and oxygen atoms in total. The maximum atomic E-state index is 13.9. The number of aryl methyl sites for hydroxylation is 2. The highest BCUT2D eigenvalue weighted by molar-refractivity contribution is 5.31. The molecule has 0 spiro atoms. The van der Waals surface area contributed by atoms with E-state index in [1.54, 1.807) is 13.0 Å². The monoisotopic (exact) mass is 285 g/mol. The van der Waals surface area contributed by atoms with E-state index in [-0.39, 0.29) is 11.9 Å². The van der Waals surface area contributed by atoms with E-state index < -0.39 is 0 Å². The highest BCUT2D eigenvalue weighted by Gasteiger charge is 2.14. The van der Waals surface area contributed by atoms with Gasteiger partial charge in [0.05, 0.1) is 0 Å². The molecule has 0 saturated heterocycles. The Balaban J connectivity index is 2.25. The van der Waals surface area contributed by atoms with Crippen LogP contribution in [-0.4, -0.2) is 6.54 Å². The van der Waals surface area contributed by atoms with Crippen LogP contribution in [0.2, 0.25) is 0 Å². The van der Waals surface area contributed by atoms with E-state index in [9.17, 15) is 4.39 Å². The number of halogens is 1. The van der Waals surface area contributed by atoms with Gasteiger partial charge in [-0.2, -0.15) is 0 Å². The standard InChI is InChI=1S/C19H24FN/c1-4-11-21-19(13-16-8-6-5-7-14(16)2)17-10-9-15(3)18(20)12-17/h5-10,12,19,21H,4,11,13H2,1-3H3. The maximum Gasteiger partial charge on any atom is 0.126 e. The molecule has 0 saturated carbocycles. The summed E-state index contributed by atoms with van der Waals surface area (Å²) in [5.74, 6) is -0.124. The quantitative estimate of drug-likeness (QED) is 0.809. The van der Waals surface area contributed by atoms with Crippen molar-refractivity contribution in [1.29, 1.82) is 0 Å². The van der Waals surface area contributed by atoms with Crippen molar-refractivity contribution in [3.05, 3.63) is 70.5 Å². The predicted octanol–water partition coefficient (Wildman–Crippen LogP) is 4.73. The van der Waals surface area contributed by atoms with Gasteiger partial charge in [-0.15, -0.1) is 0 Å². The summed E-state index contributed by atoms with van der Waals surface area (Å²) in [6.45, 7) is 7.01. The molecule has 2 heteroatoms. The Morgan fingerprint density at radius 3 is 2.48 bits per heavy atom. The lowest BCUT2D eigenvalue weighted by molar-refractivity contribution is 0.522. The second-order valence-electron chi connectivity index (χ2n) is 5.65. The summed E-state index contributed by atoms with van der Waals surface area (Å²) >= 11 is 0. The molecule has 0 fully saturated rings. The largest absolute Gasteiger partial charge is 0.310 e. The number of nitrogens with one attached hydrogen (secondary N) is 1. The fourth-order valence-electron chi connectivity index (χ4n) is 2.51. The molecule has 0 radical (unpaired) electrons. The van der Waals surface area contributed by atoms with E-state index in [0.717, 1.165) is 24.9 Å².